The van der Waals surface area contributed by atoms with E-state index in [1.54, 1.807) is 12.1 Å². The minimum atomic E-state index is -4.57. The van der Waals surface area contributed by atoms with Crippen LogP contribution < -0.4 is 4.43 Å². The molecule has 3 aromatic rings. The molecule has 0 aromatic heterocycles. The molecule has 41 heavy (non-hydrogen) atoms. The highest BCUT2D eigenvalue weighted by Crippen LogP contribution is 2.56. The van der Waals surface area contributed by atoms with Gasteiger partial charge in [-0.05, 0) is 16.8 Å². The van der Waals surface area contributed by atoms with Gasteiger partial charge in [-0.25, -0.2) is 22.0 Å². The molecular weight excluding hydrogens is 584 g/mol. The SMILES string of the molecule is CC[Si](CC)(CC)C[Si](Cc1ccccc1)(Oc1c(F)c(F)c2c(c1F)-c1c([c]c(F)c(F)c1F)C2(F)F)C(C)C. The minimum absolute atomic E-state index is 0.264. The van der Waals surface area contributed by atoms with E-state index in [4.69, 9.17) is 4.43 Å². The van der Waals surface area contributed by atoms with Crippen molar-refractivity contribution in [2.45, 2.75) is 75.9 Å². The summed E-state index contributed by atoms with van der Waals surface area (Å²) in [6, 6.07) is 13.3. The molecule has 1 unspecified atom stereocenters. The molecule has 0 amide bonds. The van der Waals surface area contributed by atoms with E-state index in [0.717, 1.165) is 23.7 Å². The molecule has 0 saturated heterocycles. The van der Waals surface area contributed by atoms with Crippen LogP contribution in [0.4, 0.5) is 35.1 Å². The van der Waals surface area contributed by atoms with Crippen molar-refractivity contribution in [2.24, 2.45) is 0 Å². The van der Waals surface area contributed by atoms with Crippen LogP contribution in [0.15, 0.2) is 30.3 Å². The van der Waals surface area contributed by atoms with Crippen LogP contribution in [0.1, 0.15) is 51.3 Å². The highest BCUT2D eigenvalue weighted by atomic mass is 28.4. The highest BCUT2D eigenvalue weighted by molar-refractivity contribution is 6.95. The Hall–Kier alpha value is -2.67. The zero-order valence-corrected chi connectivity index (χ0v) is 25.4. The molecule has 3 aromatic carbocycles. The monoisotopic (exact) mass is 615 g/mol. The first-order valence-corrected chi connectivity index (χ1v) is 18.8. The summed E-state index contributed by atoms with van der Waals surface area (Å²) in [4.78, 5) is 0. The predicted octanol–water partition coefficient (Wildman–Crippen LogP) is 10.0. The lowest BCUT2D eigenvalue weighted by Crippen LogP contribution is -2.55. The lowest BCUT2D eigenvalue weighted by molar-refractivity contribution is 0.0422. The first kappa shape index (κ1) is 31.3. The van der Waals surface area contributed by atoms with Crippen molar-refractivity contribution in [3.8, 4) is 16.9 Å². The zero-order chi connectivity index (χ0) is 30.5. The molecular formula is C30H31F8OSi2. The normalized spacial score (nSPS) is 15.6. The van der Waals surface area contributed by atoms with Crippen LogP contribution >= 0.6 is 0 Å². The molecule has 1 nitrogen and oxygen atoms in total. The Balaban J connectivity index is 2.01. The minimum Gasteiger partial charge on any atom is -0.539 e. The molecule has 1 atom stereocenters. The highest BCUT2D eigenvalue weighted by Gasteiger charge is 2.54. The second-order valence-electron chi connectivity index (χ2n) is 11.1. The van der Waals surface area contributed by atoms with Gasteiger partial charge in [0.2, 0.25) is 5.82 Å². The molecule has 0 bridgehead atoms. The Morgan fingerprint density at radius 2 is 1.37 bits per heavy atom. The zero-order valence-electron chi connectivity index (χ0n) is 23.4. The Kier molecular flexibility index (Phi) is 8.54. The number of fused-ring (bicyclic) bond motifs is 3. The third kappa shape index (κ3) is 5.02. The first-order chi connectivity index (χ1) is 19.2. The summed E-state index contributed by atoms with van der Waals surface area (Å²) in [5.41, 5.74) is -5.12. The standard InChI is InChI=1S/C30H31F8OSi2/c1-6-40(7-2,8-3)16-41(17(4)5,15-18-12-10-9-11-13-18)39-29-26(34)22-21-19(14-20(31)24(32)25(21)33)30(37,38)23(22)27(35)28(29)36/h9-13,17H,6-8,15-16H2,1-5H3. The average molecular weight is 616 g/mol. The molecule has 4 rings (SSSR count). The van der Waals surface area contributed by atoms with Crippen molar-refractivity contribution in [2.75, 3.05) is 0 Å². The third-order valence-corrected chi connectivity index (χ3v) is 22.5. The Bertz CT molecular complexity index is 1450. The van der Waals surface area contributed by atoms with Crippen LogP contribution in [0, 0.1) is 41.0 Å². The van der Waals surface area contributed by atoms with E-state index in [1.165, 1.54) is 6.07 Å². The van der Waals surface area contributed by atoms with Gasteiger partial charge in [0.15, 0.2) is 34.8 Å². The van der Waals surface area contributed by atoms with Crippen LogP contribution in [0.5, 0.6) is 5.75 Å². The van der Waals surface area contributed by atoms with Gasteiger partial charge in [-0.1, -0.05) is 83.1 Å². The number of hydrogen-bond acceptors (Lipinski definition) is 1. The van der Waals surface area contributed by atoms with E-state index in [1.807, 2.05) is 32.0 Å². The molecule has 0 fully saturated rings. The summed E-state index contributed by atoms with van der Waals surface area (Å²) in [6.07, 6.45) is 0. The van der Waals surface area contributed by atoms with Crippen molar-refractivity contribution < 1.29 is 39.5 Å². The van der Waals surface area contributed by atoms with Crippen LogP contribution in [-0.4, -0.2) is 16.4 Å². The van der Waals surface area contributed by atoms with Crippen LogP contribution in [0.3, 0.4) is 0 Å². The summed E-state index contributed by atoms with van der Waals surface area (Å²) in [5, 5.41) is 0. The maximum Gasteiger partial charge on any atom is 0.303 e. The van der Waals surface area contributed by atoms with Gasteiger partial charge < -0.3 is 4.43 Å². The quantitative estimate of drug-likeness (QED) is 0.0955. The van der Waals surface area contributed by atoms with Gasteiger partial charge in [0, 0.05) is 28.8 Å². The number of rotatable bonds is 10. The number of benzene rings is 3. The fourth-order valence-corrected chi connectivity index (χ4v) is 20.2. The van der Waals surface area contributed by atoms with E-state index in [-0.39, 0.29) is 5.54 Å². The predicted molar refractivity (Wildman–Crippen MR) is 147 cm³/mol. The molecule has 11 heteroatoms. The molecule has 1 aliphatic rings. The van der Waals surface area contributed by atoms with Crippen molar-refractivity contribution in [3.05, 3.63) is 88.0 Å². The molecule has 0 spiro atoms. The molecule has 0 heterocycles. The fourth-order valence-electron chi connectivity index (χ4n) is 5.96. The summed E-state index contributed by atoms with van der Waals surface area (Å²) >= 11 is 0. The second-order valence-corrected chi connectivity index (χ2v) is 21.5. The van der Waals surface area contributed by atoms with E-state index in [0.29, 0.717) is 11.7 Å². The van der Waals surface area contributed by atoms with Gasteiger partial charge in [0.05, 0.1) is 13.6 Å². The van der Waals surface area contributed by atoms with Crippen LogP contribution in [0.2, 0.25) is 29.3 Å². The Morgan fingerprint density at radius 3 is 1.90 bits per heavy atom. The van der Waals surface area contributed by atoms with E-state index < -0.39 is 85.2 Å². The van der Waals surface area contributed by atoms with Crippen molar-refractivity contribution in [1.29, 1.82) is 0 Å². The van der Waals surface area contributed by atoms with Gasteiger partial charge >= 0.3 is 5.92 Å². The third-order valence-electron chi connectivity index (χ3n) is 8.88. The van der Waals surface area contributed by atoms with E-state index >= 15 is 22.0 Å². The smallest absolute Gasteiger partial charge is 0.303 e. The Labute approximate surface area is 236 Å². The molecule has 0 aliphatic heterocycles. The van der Waals surface area contributed by atoms with Crippen molar-refractivity contribution >= 4 is 16.4 Å². The number of hydrogen-bond donors (Lipinski definition) is 0. The topological polar surface area (TPSA) is 9.23 Å². The molecule has 1 radical (unpaired) electrons. The maximum absolute atomic E-state index is 16.2. The maximum atomic E-state index is 16.2. The molecule has 1 aliphatic carbocycles. The fraction of sp³-hybridized carbons (Fsp3) is 0.400. The van der Waals surface area contributed by atoms with Gasteiger partial charge in [0.25, 0.3) is 8.32 Å². The molecule has 0 saturated carbocycles. The van der Waals surface area contributed by atoms with Gasteiger partial charge in [-0.3, -0.25) is 0 Å². The summed E-state index contributed by atoms with van der Waals surface area (Å²) in [6.45, 7) is 9.88. The summed E-state index contributed by atoms with van der Waals surface area (Å²) < 4.78 is 127. The first-order valence-electron chi connectivity index (χ1n) is 13.6. The van der Waals surface area contributed by atoms with Crippen molar-refractivity contribution in [3.63, 3.8) is 0 Å². The molecule has 221 valence electrons. The number of alkyl halides is 2. The lowest BCUT2D eigenvalue weighted by Gasteiger charge is -2.42. The Morgan fingerprint density at radius 1 is 0.780 bits per heavy atom. The van der Waals surface area contributed by atoms with Gasteiger partial charge in [-0.15, -0.1) is 0 Å². The van der Waals surface area contributed by atoms with Gasteiger partial charge in [-0.2, -0.15) is 13.2 Å². The van der Waals surface area contributed by atoms with Crippen LogP contribution in [0.25, 0.3) is 11.1 Å². The lowest BCUT2D eigenvalue weighted by atomic mass is 10.0. The summed E-state index contributed by atoms with van der Waals surface area (Å²) in [5.74, 6) is -18.2. The van der Waals surface area contributed by atoms with Crippen LogP contribution in [-0.2, 0) is 12.0 Å². The number of halogens is 8. The van der Waals surface area contributed by atoms with E-state index in [9.17, 15) is 13.2 Å². The summed E-state index contributed by atoms with van der Waals surface area (Å²) in [7, 11) is -5.41. The average Bonchev–Trinajstić information content (AvgIpc) is 3.18. The molecule has 0 N–H and O–H groups in total. The van der Waals surface area contributed by atoms with Gasteiger partial charge in [0.1, 0.15) is 0 Å². The van der Waals surface area contributed by atoms with Crippen molar-refractivity contribution in [1.82, 2.24) is 0 Å². The largest absolute Gasteiger partial charge is 0.539 e. The second kappa shape index (κ2) is 11.2. The van der Waals surface area contributed by atoms with E-state index in [2.05, 4.69) is 20.8 Å².